The van der Waals surface area contributed by atoms with E-state index in [-0.39, 0.29) is 5.75 Å². The number of hydrogen-bond acceptors (Lipinski definition) is 4. The monoisotopic (exact) mass is 327 g/mol. The summed E-state index contributed by atoms with van der Waals surface area (Å²) in [6.07, 6.45) is 5.41. The molecule has 4 nitrogen and oxygen atoms in total. The first-order valence-corrected chi connectivity index (χ1v) is 8.10. The normalized spacial score (nSPS) is 10.7. The van der Waals surface area contributed by atoms with Gasteiger partial charge >= 0.3 is 0 Å². The van der Waals surface area contributed by atoms with Crippen molar-refractivity contribution >= 4 is 22.3 Å². The van der Waals surface area contributed by atoms with E-state index in [1.807, 2.05) is 48.7 Å². The summed E-state index contributed by atoms with van der Waals surface area (Å²) in [6, 6.07) is 21.4. The molecular weight excluding hydrogens is 310 g/mol. The van der Waals surface area contributed by atoms with E-state index in [2.05, 4.69) is 27.0 Å². The van der Waals surface area contributed by atoms with Gasteiger partial charge in [-0.25, -0.2) is 0 Å². The van der Waals surface area contributed by atoms with Gasteiger partial charge < -0.3 is 10.0 Å². The Morgan fingerprint density at radius 2 is 1.76 bits per heavy atom. The number of aromatic hydroxyl groups is 1. The van der Waals surface area contributed by atoms with E-state index >= 15 is 0 Å². The Kier molecular flexibility index (Phi) is 4.01. The number of nitrogens with zero attached hydrogens (tertiary/aromatic N) is 3. The van der Waals surface area contributed by atoms with Crippen LogP contribution in [0, 0.1) is 0 Å². The first kappa shape index (κ1) is 15.1. The Labute approximate surface area is 146 Å². The third-order valence-corrected chi connectivity index (χ3v) is 4.12. The average molecular weight is 327 g/mol. The molecule has 0 fully saturated rings. The molecule has 2 aromatic heterocycles. The number of aromatic nitrogens is 2. The van der Waals surface area contributed by atoms with Gasteiger partial charge in [-0.05, 0) is 54.1 Å². The van der Waals surface area contributed by atoms with Crippen molar-refractivity contribution < 1.29 is 5.11 Å². The summed E-state index contributed by atoms with van der Waals surface area (Å²) in [6.45, 7) is 0.619. The Hall–Kier alpha value is -3.40. The van der Waals surface area contributed by atoms with E-state index in [1.54, 1.807) is 24.5 Å². The van der Waals surface area contributed by atoms with Crippen molar-refractivity contribution in [1.29, 1.82) is 0 Å². The second-order valence-electron chi connectivity index (χ2n) is 5.81. The molecule has 0 radical (unpaired) electrons. The maximum atomic E-state index is 9.80. The molecule has 0 aliphatic heterocycles. The van der Waals surface area contributed by atoms with Crippen LogP contribution in [-0.2, 0) is 6.54 Å². The van der Waals surface area contributed by atoms with Gasteiger partial charge in [0.1, 0.15) is 5.75 Å². The number of phenolic OH excluding ortho intramolecular Hbond substituents is 1. The van der Waals surface area contributed by atoms with Crippen molar-refractivity contribution in [2.24, 2.45) is 0 Å². The number of anilines is 2. The van der Waals surface area contributed by atoms with Crippen molar-refractivity contribution in [2.75, 3.05) is 4.90 Å². The summed E-state index contributed by atoms with van der Waals surface area (Å²) in [7, 11) is 0. The first-order chi connectivity index (χ1) is 12.3. The summed E-state index contributed by atoms with van der Waals surface area (Å²) >= 11 is 0. The van der Waals surface area contributed by atoms with Crippen molar-refractivity contribution in [3.8, 4) is 5.75 Å². The molecule has 2 aromatic carbocycles. The van der Waals surface area contributed by atoms with Gasteiger partial charge in [-0.1, -0.05) is 18.2 Å². The zero-order valence-electron chi connectivity index (χ0n) is 13.6. The smallest absolute Gasteiger partial charge is 0.115 e. The maximum absolute atomic E-state index is 9.80. The standard InChI is InChI=1S/C21H17N3O/c25-18-7-1-5-16(13-18)15-24(17-6-3-11-22-14-17)21-10-2-9-20-19(21)8-4-12-23-20/h1-14,25H,15H2. The second-order valence-corrected chi connectivity index (χ2v) is 5.81. The van der Waals surface area contributed by atoms with Gasteiger partial charge in [0.15, 0.2) is 0 Å². The zero-order valence-corrected chi connectivity index (χ0v) is 13.6. The van der Waals surface area contributed by atoms with Gasteiger partial charge in [-0.15, -0.1) is 0 Å². The van der Waals surface area contributed by atoms with Crippen LogP contribution in [0.2, 0.25) is 0 Å². The summed E-state index contributed by atoms with van der Waals surface area (Å²) < 4.78 is 0. The van der Waals surface area contributed by atoms with Gasteiger partial charge in [-0.3, -0.25) is 9.97 Å². The van der Waals surface area contributed by atoms with Crippen LogP contribution in [0.1, 0.15) is 5.56 Å². The van der Waals surface area contributed by atoms with Gasteiger partial charge in [-0.2, -0.15) is 0 Å². The molecule has 0 saturated carbocycles. The molecule has 0 saturated heterocycles. The molecule has 25 heavy (non-hydrogen) atoms. The SMILES string of the molecule is Oc1cccc(CN(c2cccnc2)c2cccc3ncccc23)c1. The third-order valence-electron chi connectivity index (χ3n) is 4.12. The highest BCUT2D eigenvalue weighted by Crippen LogP contribution is 2.33. The summed E-state index contributed by atoms with van der Waals surface area (Å²) in [5.74, 6) is 0.267. The molecule has 0 spiro atoms. The summed E-state index contributed by atoms with van der Waals surface area (Å²) in [5.41, 5.74) is 4.01. The van der Waals surface area contributed by atoms with E-state index < -0.39 is 0 Å². The summed E-state index contributed by atoms with van der Waals surface area (Å²) in [4.78, 5) is 10.9. The molecule has 1 N–H and O–H groups in total. The molecule has 4 aromatic rings. The zero-order chi connectivity index (χ0) is 17.1. The third kappa shape index (κ3) is 3.15. The Morgan fingerprint density at radius 1 is 0.880 bits per heavy atom. The molecule has 0 bridgehead atoms. The first-order valence-electron chi connectivity index (χ1n) is 8.10. The lowest BCUT2D eigenvalue weighted by molar-refractivity contribution is 0.474. The quantitative estimate of drug-likeness (QED) is 0.591. The predicted molar refractivity (Wildman–Crippen MR) is 99.9 cm³/mol. The molecule has 0 aliphatic carbocycles. The number of rotatable bonds is 4. The lowest BCUT2D eigenvalue weighted by atomic mass is 10.1. The van der Waals surface area contributed by atoms with E-state index in [4.69, 9.17) is 0 Å². The Bertz CT molecular complexity index is 997. The van der Waals surface area contributed by atoms with E-state index in [1.165, 1.54) is 0 Å². The fraction of sp³-hybridized carbons (Fsp3) is 0.0476. The number of pyridine rings is 2. The molecule has 0 amide bonds. The van der Waals surface area contributed by atoms with Gasteiger partial charge in [0, 0.05) is 24.3 Å². The van der Waals surface area contributed by atoms with Crippen molar-refractivity contribution in [2.45, 2.75) is 6.54 Å². The van der Waals surface area contributed by atoms with Crippen LogP contribution in [0.5, 0.6) is 5.75 Å². The molecule has 122 valence electrons. The molecule has 0 aliphatic rings. The maximum Gasteiger partial charge on any atom is 0.115 e. The van der Waals surface area contributed by atoms with Crippen molar-refractivity contribution in [1.82, 2.24) is 9.97 Å². The fourth-order valence-corrected chi connectivity index (χ4v) is 2.99. The van der Waals surface area contributed by atoms with Crippen LogP contribution in [0.3, 0.4) is 0 Å². The minimum Gasteiger partial charge on any atom is -0.508 e. The highest BCUT2D eigenvalue weighted by atomic mass is 16.3. The van der Waals surface area contributed by atoms with Crippen LogP contribution < -0.4 is 4.90 Å². The number of phenols is 1. The van der Waals surface area contributed by atoms with Crippen LogP contribution >= 0.6 is 0 Å². The Balaban J connectivity index is 1.85. The van der Waals surface area contributed by atoms with Crippen LogP contribution in [0.15, 0.2) is 85.3 Å². The topological polar surface area (TPSA) is 49.2 Å². The fourth-order valence-electron chi connectivity index (χ4n) is 2.99. The highest BCUT2D eigenvalue weighted by Gasteiger charge is 2.14. The van der Waals surface area contributed by atoms with Crippen molar-refractivity contribution in [3.63, 3.8) is 0 Å². The lowest BCUT2D eigenvalue weighted by Gasteiger charge is -2.26. The van der Waals surface area contributed by atoms with Gasteiger partial charge in [0.05, 0.1) is 23.1 Å². The lowest BCUT2D eigenvalue weighted by Crippen LogP contribution is -2.17. The minimum atomic E-state index is 0.267. The molecule has 0 atom stereocenters. The van der Waals surface area contributed by atoms with Crippen LogP contribution in [0.25, 0.3) is 10.9 Å². The van der Waals surface area contributed by atoms with Crippen LogP contribution in [-0.4, -0.2) is 15.1 Å². The van der Waals surface area contributed by atoms with E-state index in [0.29, 0.717) is 6.54 Å². The predicted octanol–water partition coefficient (Wildman–Crippen LogP) is 4.67. The Morgan fingerprint density at radius 3 is 2.60 bits per heavy atom. The average Bonchev–Trinajstić information content (AvgIpc) is 2.67. The van der Waals surface area contributed by atoms with E-state index in [9.17, 15) is 5.11 Å². The largest absolute Gasteiger partial charge is 0.508 e. The second kappa shape index (κ2) is 6.61. The number of hydrogen-bond donors (Lipinski definition) is 1. The number of fused-ring (bicyclic) bond motifs is 1. The van der Waals surface area contributed by atoms with Crippen LogP contribution in [0.4, 0.5) is 11.4 Å². The van der Waals surface area contributed by atoms with Gasteiger partial charge in [0.25, 0.3) is 0 Å². The molecule has 4 heteroatoms. The molecule has 0 unspecified atom stereocenters. The molecular formula is C21H17N3O. The highest BCUT2D eigenvalue weighted by molar-refractivity contribution is 5.93. The molecule has 2 heterocycles. The number of benzene rings is 2. The summed E-state index contributed by atoms with van der Waals surface area (Å²) in [5, 5.41) is 10.9. The van der Waals surface area contributed by atoms with Gasteiger partial charge in [0.2, 0.25) is 0 Å². The van der Waals surface area contributed by atoms with Crippen molar-refractivity contribution in [3.05, 3.63) is 90.9 Å². The van der Waals surface area contributed by atoms with E-state index in [0.717, 1.165) is 27.8 Å². The molecule has 4 rings (SSSR count). The minimum absolute atomic E-state index is 0.267.